The molecular weight excluding hydrogens is 402 g/mol. The third kappa shape index (κ3) is 6.08. The third-order valence-electron chi connectivity index (χ3n) is 2.96. The van der Waals surface area contributed by atoms with E-state index in [1.54, 1.807) is 18.2 Å². The van der Waals surface area contributed by atoms with E-state index in [2.05, 4.69) is 38.4 Å². The first-order chi connectivity index (χ1) is 11.1. The van der Waals surface area contributed by atoms with Crippen molar-refractivity contribution in [3.05, 3.63) is 32.7 Å². The number of nitrogens with zero attached hydrogens (tertiary/aromatic N) is 2. The van der Waals surface area contributed by atoms with Gasteiger partial charge in [0.15, 0.2) is 6.61 Å². The quantitative estimate of drug-likeness (QED) is 0.631. The van der Waals surface area contributed by atoms with Gasteiger partial charge >= 0.3 is 0 Å². The summed E-state index contributed by atoms with van der Waals surface area (Å²) in [5.41, 5.74) is 0. The molecule has 1 aromatic carbocycles. The van der Waals surface area contributed by atoms with Crippen molar-refractivity contribution in [1.29, 1.82) is 0 Å². The zero-order valence-corrected chi connectivity index (χ0v) is 15.8. The van der Waals surface area contributed by atoms with Crippen LogP contribution in [0.5, 0.6) is 5.75 Å². The van der Waals surface area contributed by atoms with Crippen molar-refractivity contribution in [3.8, 4) is 5.75 Å². The molecule has 0 aliphatic heterocycles. The molecule has 0 aliphatic rings. The molecule has 1 heterocycles. The van der Waals surface area contributed by atoms with E-state index in [1.807, 2.05) is 0 Å². The fraction of sp³-hybridized carbons (Fsp3) is 0.400. The van der Waals surface area contributed by atoms with E-state index in [4.69, 9.17) is 16.3 Å². The van der Waals surface area contributed by atoms with Crippen LogP contribution in [0.25, 0.3) is 0 Å². The number of ether oxygens (including phenoxy) is 1. The second-order valence-corrected chi connectivity index (χ2v) is 7.25. The Hall–Kier alpha value is -1.18. The van der Waals surface area contributed by atoms with E-state index < -0.39 is 0 Å². The Kier molecular flexibility index (Phi) is 7.26. The molecule has 0 bridgehead atoms. The number of benzene rings is 1. The van der Waals surface area contributed by atoms with E-state index in [0.717, 1.165) is 22.3 Å². The van der Waals surface area contributed by atoms with Gasteiger partial charge in [0.05, 0.1) is 5.02 Å². The molecule has 0 spiro atoms. The van der Waals surface area contributed by atoms with Gasteiger partial charge < -0.3 is 4.74 Å². The molecule has 0 fully saturated rings. The molecule has 124 valence electrons. The summed E-state index contributed by atoms with van der Waals surface area (Å²) in [6.45, 7) is 2.02. The second-order valence-electron chi connectivity index (χ2n) is 4.87. The Morgan fingerprint density at radius 2 is 2.22 bits per heavy atom. The van der Waals surface area contributed by atoms with Gasteiger partial charge in [-0.15, -0.1) is 10.2 Å². The van der Waals surface area contributed by atoms with Crippen LogP contribution in [0.15, 0.2) is 22.7 Å². The molecule has 1 amide bonds. The van der Waals surface area contributed by atoms with Gasteiger partial charge in [-0.05, 0) is 24.6 Å². The van der Waals surface area contributed by atoms with Gasteiger partial charge in [-0.3, -0.25) is 10.1 Å². The number of hydrogen-bond acceptors (Lipinski definition) is 5. The van der Waals surface area contributed by atoms with Crippen LogP contribution >= 0.6 is 38.9 Å². The molecule has 0 aliphatic carbocycles. The van der Waals surface area contributed by atoms with E-state index in [-0.39, 0.29) is 12.5 Å². The van der Waals surface area contributed by atoms with Crippen LogP contribution in [0.2, 0.25) is 5.02 Å². The number of aryl methyl sites for hydroxylation is 1. The Morgan fingerprint density at radius 3 is 2.96 bits per heavy atom. The van der Waals surface area contributed by atoms with Crippen molar-refractivity contribution < 1.29 is 9.53 Å². The van der Waals surface area contributed by atoms with E-state index in [1.165, 1.54) is 24.2 Å². The highest BCUT2D eigenvalue weighted by Crippen LogP contribution is 2.27. The molecule has 2 aromatic rings. The topological polar surface area (TPSA) is 64.1 Å². The minimum absolute atomic E-state index is 0.133. The number of carbonyl (C=O) groups is 1. The number of hydrogen-bond donors (Lipinski definition) is 1. The number of anilines is 1. The van der Waals surface area contributed by atoms with Crippen LogP contribution in [-0.2, 0) is 11.2 Å². The molecule has 1 N–H and O–H groups in total. The number of unbranched alkanes of at least 4 members (excludes halogenated alkanes) is 2. The van der Waals surface area contributed by atoms with Gasteiger partial charge in [-0.25, -0.2) is 0 Å². The van der Waals surface area contributed by atoms with Gasteiger partial charge in [0.2, 0.25) is 5.13 Å². The van der Waals surface area contributed by atoms with Crippen LogP contribution in [0.3, 0.4) is 0 Å². The zero-order valence-electron chi connectivity index (χ0n) is 12.6. The molecule has 0 saturated heterocycles. The second kappa shape index (κ2) is 9.20. The summed E-state index contributed by atoms with van der Waals surface area (Å²) in [6, 6.07) is 5.21. The van der Waals surface area contributed by atoms with Crippen molar-refractivity contribution in [2.75, 3.05) is 11.9 Å². The maximum Gasteiger partial charge on any atom is 0.264 e. The van der Waals surface area contributed by atoms with E-state index >= 15 is 0 Å². The lowest BCUT2D eigenvalue weighted by Crippen LogP contribution is -2.20. The molecule has 8 heteroatoms. The van der Waals surface area contributed by atoms with Crippen LogP contribution in [-0.4, -0.2) is 22.7 Å². The highest BCUT2D eigenvalue weighted by molar-refractivity contribution is 9.10. The number of nitrogens with one attached hydrogen (secondary N) is 1. The fourth-order valence-corrected chi connectivity index (χ4v) is 3.35. The van der Waals surface area contributed by atoms with E-state index in [0.29, 0.717) is 15.9 Å². The Morgan fingerprint density at radius 1 is 1.39 bits per heavy atom. The van der Waals surface area contributed by atoms with Gasteiger partial charge in [-0.1, -0.05) is 58.6 Å². The summed E-state index contributed by atoms with van der Waals surface area (Å²) >= 11 is 10.7. The molecule has 0 unspecified atom stereocenters. The Bertz CT molecular complexity index is 666. The molecule has 1 aromatic heterocycles. The van der Waals surface area contributed by atoms with Crippen molar-refractivity contribution in [1.82, 2.24) is 10.2 Å². The lowest BCUT2D eigenvalue weighted by Gasteiger charge is -2.07. The SMILES string of the molecule is CCCCCc1nnc(NC(=O)COc2ccc(Br)cc2Cl)s1. The molecular formula is C15H17BrClN3O2S. The van der Waals surface area contributed by atoms with Gasteiger partial charge in [0, 0.05) is 10.9 Å². The van der Waals surface area contributed by atoms with Crippen molar-refractivity contribution in [3.63, 3.8) is 0 Å². The molecule has 0 radical (unpaired) electrons. The average molecular weight is 419 g/mol. The van der Waals surface area contributed by atoms with Crippen molar-refractivity contribution in [2.24, 2.45) is 0 Å². The van der Waals surface area contributed by atoms with E-state index in [9.17, 15) is 4.79 Å². The number of halogens is 2. The fourth-order valence-electron chi connectivity index (χ4n) is 1.82. The van der Waals surface area contributed by atoms with Gasteiger partial charge in [-0.2, -0.15) is 0 Å². The molecule has 2 rings (SSSR count). The number of carbonyl (C=O) groups excluding carboxylic acids is 1. The Balaban J connectivity index is 1.80. The number of rotatable bonds is 8. The molecule has 5 nitrogen and oxygen atoms in total. The maximum atomic E-state index is 11.9. The summed E-state index contributed by atoms with van der Waals surface area (Å²) in [5, 5.41) is 12.6. The van der Waals surface area contributed by atoms with Crippen LogP contribution in [0.4, 0.5) is 5.13 Å². The van der Waals surface area contributed by atoms with Crippen LogP contribution in [0.1, 0.15) is 31.2 Å². The van der Waals surface area contributed by atoms with Crippen molar-refractivity contribution >= 4 is 49.9 Å². The molecule has 0 atom stereocenters. The smallest absolute Gasteiger partial charge is 0.264 e. The van der Waals surface area contributed by atoms with Crippen LogP contribution in [0, 0.1) is 0 Å². The monoisotopic (exact) mass is 417 g/mol. The minimum Gasteiger partial charge on any atom is -0.482 e. The maximum absolute atomic E-state index is 11.9. The number of amides is 1. The largest absolute Gasteiger partial charge is 0.482 e. The zero-order chi connectivity index (χ0) is 16.7. The predicted molar refractivity (Wildman–Crippen MR) is 96.4 cm³/mol. The highest BCUT2D eigenvalue weighted by Gasteiger charge is 2.10. The summed E-state index contributed by atoms with van der Waals surface area (Å²) in [5.74, 6) is 0.169. The lowest BCUT2D eigenvalue weighted by atomic mass is 10.2. The summed E-state index contributed by atoms with van der Waals surface area (Å²) in [6.07, 6.45) is 4.32. The van der Waals surface area contributed by atoms with Gasteiger partial charge in [0.25, 0.3) is 5.91 Å². The van der Waals surface area contributed by atoms with Gasteiger partial charge in [0.1, 0.15) is 10.8 Å². The first-order valence-corrected chi connectivity index (χ1v) is 9.27. The standard InChI is InChI=1S/C15H17BrClN3O2S/c1-2-3-4-5-14-19-20-15(23-14)18-13(21)9-22-12-7-6-10(16)8-11(12)17/h6-8H,2-5,9H2,1H3,(H,18,20,21). The predicted octanol–water partition coefficient (Wildman–Crippen LogP) is 4.70. The summed E-state index contributed by atoms with van der Waals surface area (Å²) in [4.78, 5) is 11.9. The van der Waals surface area contributed by atoms with Crippen LogP contribution < -0.4 is 10.1 Å². The first-order valence-electron chi connectivity index (χ1n) is 7.28. The molecule has 0 saturated carbocycles. The lowest BCUT2D eigenvalue weighted by molar-refractivity contribution is -0.118. The first kappa shape index (κ1) is 18.2. The summed E-state index contributed by atoms with van der Waals surface area (Å²) < 4.78 is 6.25. The Labute approximate surface area is 152 Å². The normalized spacial score (nSPS) is 10.6. The summed E-state index contributed by atoms with van der Waals surface area (Å²) in [7, 11) is 0. The average Bonchev–Trinajstić information content (AvgIpc) is 2.94. The minimum atomic E-state index is -0.291. The highest BCUT2D eigenvalue weighted by atomic mass is 79.9. The molecule has 23 heavy (non-hydrogen) atoms. The third-order valence-corrected chi connectivity index (χ3v) is 4.65. The van der Waals surface area contributed by atoms with Crippen molar-refractivity contribution in [2.45, 2.75) is 32.6 Å². The number of aromatic nitrogens is 2.